The molecule has 106 valence electrons. The Morgan fingerprint density at radius 1 is 1.16 bits per heavy atom. The second kappa shape index (κ2) is 7.51. The molecule has 0 saturated heterocycles. The zero-order valence-electron chi connectivity index (χ0n) is 11.7. The lowest BCUT2D eigenvalue weighted by Gasteiger charge is -2.25. The molecule has 1 aliphatic heterocycles. The van der Waals surface area contributed by atoms with Crippen LogP contribution in [0.2, 0.25) is 0 Å². The van der Waals surface area contributed by atoms with Crippen LogP contribution in [-0.2, 0) is 0 Å². The molecule has 19 heavy (non-hydrogen) atoms. The van der Waals surface area contributed by atoms with Crippen LogP contribution < -0.4 is 10.6 Å². The van der Waals surface area contributed by atoms with Crippen molar-refractivity contribution in [3.8, 4) is 0 Å². The van der Waals surface area contributed by atoms with Crippen molar-refractivity contribution in [1.29, 1.82) is 0 Å². The summed E-state index contributed by atoms with van der Waals surface area (Å²) in [6, 6.07) is 8.76. The van der Waals surface area contributed by atoms with Crippen LogP contribution in [0.5, 0.6) is 0 Å². The molecule has 3 nitrogen and oxygen atoms in total. The molecule has 1 aliphatic rings. The third kappa shape index (κ3) is 3.95. The molecule has 0 fully saturated rings. The van der Waals surface area contributed by atoms with Crippen molar-refractivity contribution in [2.75, 3.05) is 24.6 Å². The van der Waals surface area contributed by atoms with E-state index < -0.39 is 0 Å². The fourth-order valence-corrected chi connectivity index (χ4v) is 2.87. The second-order valence-electron chi connectivity index (χ2n) is 5.43. The van der Waals surface area contributed by atoms with Crippen LogP contribution in [-0.4, -0.2) is 24.8 Å². The summed E-state index contributed by atoms with van der Waals surface area (Å²) in [5.74, 6) is 0. The van der Waals surface area contributed by atoms with Gasteiger partial charge in [0.2, 0.25) is 0 Å². The predicted molar refractivity (Wildman–Crippen MR) is 80.4 cm³/mol. The van der Waals surface area contributed by atoms with E-state index in [2.05, 4.69) is 29.2 Å². The number of rotatable bonds is 6. The van der Waals surface area contributed by atoms with E-state index in [9.17, 15) is 0 Å². The molecule has 1 aromatic rings. The number of hydrogen-bond donors (Lipinski definition) is 2. The largest absolute Gasteiger partial charge is 0.396 e. The van der Waals surface area contributed by atoms with Crippen molar-refractivity contribution in [2.45, 2.75) is 44.6 Å². The number of fused-ring (bicyclic) bond motifs is 1. The standard InChI is InChI=1S/C16H26N2O/c17-15-9-7-12-18(11-5-1-2-6-13-19)16-10-4-3-8-14(15)16/h3-4,8,10,15,19H,1-2,5-7,9,11-13,17H2. The van der Waals surface area contributed by atoms with E-state index in [0.717, 1.165) is 32.4 Å². The van der Waals surface area contributed by atoms with Gasteiger partial charge < -0.3 is 15.7 Å². The van der Waals surface area contributed by atoms with Crippen LogP contribution in [0.4, 0.5) is 5.69 Å². The van der Waals surface area contributed by atoms with E-state index in [4.69, 9.17) is 10.8 Å². The summed E-state index contributed by atoms with van der Waals surface area (Å²) < 4.78 is 0. The van der Waals surface area contributed by atoms with E-state index in [-0.39, 0.29) is 6.04 Å². The highest BCUT2D eigenvalue weighted by molar-refractivity contribution is 5.55. The quantitative estimate of drug-likeness (QED) is 0.775. The molecule has 1 unspecified atom stereocenters. The third-order valence-electron chi connectivity index (χ3n) is 3.96. The van der Waals surface area contributed by atoms with Crippen LogP contribution in [0.1, 0.15) is 50.1 Å². The Morgan fingerprint density at radius 2 is 1.95 bits per heavy atom. The van der Waals surface area contributed by atoms with Gasteiger partial charge in [-0.25, -0.2) is 0 Å². The maximum Gasteiger partial charge on any atom is 0.0431 e. The Kier molecular flexibility index (Phi) is 5.67. The summed E-state index contributed by atoms with van der Waals surface area (Å²) >= 11 is 0. The smallest absolute Gasteiger partial charge is 0.0431 e. The zero-order valence-corrected chi connectivity index (χ0v) is 11.7. The van der Waals surface area contributed by atoms with E-state index >= 15 is 0 Å². The first kappa shape index (κ1) is 14.4. The van der Waals surface area contributed by atoms with E-state index in [1.807, 2.05) is 0 Å². The number of anilines is 1. The van der Waals surface area contributed by atoms with Crippen LogP contribution in [0.25, 0.3) is 0 Å². The van der Waals surface area contributed by atoms with Gasteiger partial charge in [-0.05, 0) is 37.3 Å². The van der Waals surface area contributed by atoms with Gasteiger partial charge in [-0.15, -0.1) is 0 Å². The summed E-state index contributed by atoms with van der Waals surface area (Å²) in [5, 5.41) is 8.79. The molecule has 0 spiro atoms. The normalized spacial score (nSPS) is 19.1. The Labute approximate surface area is 116 Å². The fourth-order valence-electron chi connectivity index (χ4n) is 2.87. The van der Waals surface area contributed by atoms with Gasteiger partial charge in [0.1, 0.15) is 0 Å². The summed E-state index contributed by atoms with van der Waals surface area (Å²) in [6.07, 6.45) is 6.71. The highest BCUT2D eigenvalue weighted by atomic mass is 16.2. The lowest BCUT2D eigenvalue weighted by atomic mass is 10.0. The Balaban J connectivity index is 1.94. The highest BCUT2D eigenvalue weighted by Gasteiger charge is 2.19. The van der Waals surface area contributed by atoms with E-state index in [1.165, 1.54) is 30.5 Å². The summed E-state index contributed by atoms with van der Waals surface area (Å²) in [5.41, 5.74) is 8.88. The van der Waals surface area contributed by atoms with Crippen molar-refractivity contribution >= 4 is 5.69 Å². The van der Waals surface area contributed by atoms with Crippen LogP contribution in [0.15, 0.2) is 24.3 Å². The predicted octanol–water partition coefficient (Wildman–Crippen LogP) is 2.84. The molecule has 3 N–H and O–H groups in total. The number of aliphatic hydroxyl groups excluding tert-OH is 1. The number of nitrogens with zero attached hydrogens (tertiary/aromatic N) is 1. The molecule has 1 atom stereocenters. The first-order chi connectivity index (χ1) is 9.33. The van der Waals surface area contributed by atoms with Gasteiger partial charge >= 0.3 is 0 Å². The number of unbranched alkanes of at least 4 members (excludes halogenated alkanes) is 3. The lowest BCUT2D eigenvalue weighted by Crippen LogP contribution is -2.25. The number of hydrogen-bond acceptors (Lipinski definition) is 3. The minimum absolute atomic E-state index is 0.190. The second-order valence-corrected chi connectivity index (χ2v) is 5.43. The van der Waals surface area contributed by atoms with Gasteiger partial charge in [0.05, 0.1) is 0 Å². The van der Waals surface area contributed by atoms with Crippen molar-refractivity contribution in [3.05, 3.63) is 29.8 Å². The Bertz CT molecular complexity index is 381. The molecule has 0 radical (unpaired) electrons. The summed E-state index contributed by atoms with van der Waals surface area (Å²) in [4.78, 5) is 2.49. The number of para-hydroxylation sites is 1. The van der Waals surface area contributed by atoms with Crippen molar-refractivity contribution in [1.82, 2.24) is 0 Å². The number of nitrogens with two attached hydrogens (primary N) is 1. The molecule has 1 aromatic carbocycles. The van der Waals surface area contributed by atoms with Gasteiger partial charge in [-0.2, -0.15) is 0 Å². The van der Waals surface area contributed by atoms with Gasteiger partial charge in [-0.1, -0.05) is 31.0 Å². The SMILES string of the molecule is NC1CCCN(CCCCCCO)c2ccccc21. The molecule has 0 aromatic heterocycles. The molecule has 0 aliphatic carbocycles. The molecule has 0 bridgehead atoms. The summed E-state index contributed by atoms with van der Waals surface area (Å²) in [7, 11) is 0. The first-order valence-corrected chi connectivity index (χ1v) is 7.53. The van der Waals surface area contributed by atoms with Gasteiger partial charge in [0, 0.05) is 31.4 Å². The van der Waals surface area contributed by atoms with Crippen molar-refractivity contribution < 1.29 is 5.11 Å². The minimum atomic E-state index is 0.190. The van der Waals surface area contributed by atoms with Crippen LogP contribution in [0.3, 0.4) is 0 Å². The minimum Gasteiger partial charge on any atom is -0.396 e. The Morgan fingerprint density at radius 3 is 2.79 bits per heavy atom. The highest BCUT2D eigenvalue weighted by Crippen LogP contribution is 2.31. The molecular formula is C16H26N2O. The van der Waals surface area contributed by atoms with Gasteiger partial charge in [0.25, 0.3) is 0 Å². The van der Waals surface area contributed by atoms with Gasteiger partial charge in [0.15, 0.2) is 0 Å². The summed E-state index contributed by atoms with van der Waals surface area (Å²) in [6.45, 7) is 2.54. The third-order valence-corrected chi connectivity index (χ3v) is 3.96. The molecule has 0 saturated carbocycles. The monoisotopic (exact) mass is 262 g/mol. The lowest BCUT2D eigenvalue weighted by molar-refractivity contribution is 0.282. The van der Waals surface area contributed by atoms with E-state index in [1.54, 1.807) is 0 Å². The molecular weight excluding hydrogens is 236 g/mol. The molecule has 3 heteroatoms. The topological polar surface area (TPSA) is 49.5 Å². The fraction of sp³-hybridized carbons (Fsp3) is 0.625. The van der Waals surface area contributed by atoms with Crippen molar-refractivity contribution in [2.24, 2.45) is 5.73 Å². The number of benzene rings is 1. The van der Waals surface area contributed by atoms with Crippen LogP contribution in [0, 0.1) is 0 Å². The molecule has 1 heterocycles. The molecule has 0 amide bonds. The maximum absolute atomic E-state index is 8.79. The number of aliphatic hydroxyl groups is 1. The average molecular weight is 262 g/mol. The van der Waals surface area contributed by atoms with Crippen molar-refractivity contribution in [3.63, 3.8) is 0 Å². The average Bonchev–Trinajstić information content (AvgIpc) is 2.59. The maximum atomic E-state index is 8.79. The zero-order chi connectivity index (χ0) is 13.5. The van der Waals surface area contributed by atoms with Gasteiger partial charge in [-0.3, -0.25) is 0 Å². The van der Waals surface area contributed by atoms with E-state index in [0.29, 0.717) is 6.61 Å². The molecule has 2 rings (SSSR count). The van der Waals surface area contributed by atoms with Crippen LogP contribution >= 0.6 is 0 Å². The Hall–Kier alpha value is -1.06. The first-order valence-electron chi connectivity index (χ1n) is 7.53.